The van der Waals surface area contributed by atoms with Crippen LogP contribution < -0.4 is 0 Å². The summed E-state index contributed by atoms with van der Waals surface area (Å²) in [7, 11) is 0. The van der Waals surface area contributed by atoms with E-state index in [1.165, 1.54) is 25.7 Å². The van der Waals surface area contributed by atoms with Gasteiger partial charge in [0, 0.05) is 10.5 Å². The minimum atomic E-state index is -0.832. The van der Waals surface area contributed by atoms with E-state index in [-0.39, 0.29) is 4.58 Å². The molecule has 0 aromatic heterocycles. The topological polar surface area (TPSA) is 38.7 Å². The molecule has 38 heavy (non-hydrogen) atoms. The molecule has 1 aliphatic heterocycles. The summed E-state index contributed by atoms with van der Waals surface area (Å²) in [4.78, 5) is 0. The van der Waals surface area contributed by atoms with Crippen molar-refractivity contribution >= 4 is 23.5 Å². The molecule has 0 unspecified atom stereocenters. The van der Waals surface area contributed by atoms with Crippen molar-refractivity contribution in [1.82, 2.24) is 0 Å². The fraction of sp³-hybridized carbons (Fsp3) is 0.818. The van der Waals surface area contributed by atoms with Crippen LogP contribution in [0.1, 0.15) is 85.1 Å². The summed E-state index contributed by atoms with van der Waals surface area (Å²) in [6.45, 7) is 14.2. The summed E-state index contributed by atoms with van der Waals surface area (Å²) in [5.41, 5.74) is 1.09. The second-order valence-corrected chi connectivity index (χ2v) is 17.5. The van der Waals surface area contributed by atoms with Crippen LogP contribution in [0, 0.1) is 46.3 Å². The average Bonchev–Trinajstić information content (AvgIpc) is 2.91. The number of hydrogen-bond donors (Lipinski definition) is 1. The third-order valence-electron chi connectivity index (χ3n) is 12.1. The van der Waals surface area contributed by atoms with Crippen LogP contribution in [0.4, 0.5) is 0 Å². The predicted octanol–water partition coefficient (Wildman–Crippen LogP) is 7.96. The van der Waals surface area contributed by atoms with Crippen LogP contribution in [-0.2, 0) is 15.1 Å². The standard InChI is InChI=1S/C33H50O3S2/c1-6-7-13-33(34,21-11-9-8-10-12-21)30-37-28-16-22-14-26(31(22,2)3)24(28)18-35-20-36-19-25-27-15-23(32(27,4)5)17-29(25)38-30/h8-12,22-30,34H,6-7,13-20H2,1-5H3/t22-,23-,24+,25+,26+,27+,28+,29+,33-/m1/s1. The predicted molar refractivity (Wildman–Crippen MR) is 160 cm³/mol. The minimum Gasteiger partial charge on any atom is -0.383 e. The lowest BCUT2D eigenvalue weighted by Crippen LogP contribution is -2.59. The molecule has 1 aromatic carbocycles. The number of unbranched alkanes of at least 4 members (excludes halogenated alkanes) is 1. The Balaban J connectivity index is 1.36. The number of thioether (sulfide) groups is 2. The first-order valence-corrected chi connectivity index (χ1v) is 17.3. The van der Waals surface area contributed by atoms with E-state index in [1.54, 1.807) is 0 Å². The molecule has 3 nitrogen and oxygen atoms in total. The van der Waals surface area contributed by atoms with Crippen molar-refractivity contribution in [3.8, 4) is 0 Å². The Morgan fingerprint density at radius 2 is 1.37 bits per heavy atom. The van der Waals surface area contributed by atoms with Gasteiger partial charge in [0.05, 0.1) is 17.8 Å². The molecule has 0 radical (unpaired) electrons. The maximum atomic E-state index is 12.8. The number of ether oxygens (including phenoxy) is 2. The molecule has 6 saturated carbocycles. The monoisotopic (exact) mass is 558 g/mol. The van der Waals surface area contributed by atoms with Crippen molar-refractivity contribution in [2.24, 2.45) is 46.3 Å². The van der Waals surface area contributed by atoms with E-state index in [4.69, 9.17) is 9.47 Å². The number of benzene rings is 1. The van der Waals surface area contributed by atoms with Crippen molar-refractivity contribution in [3.63, 3.8) is 0 Å². The normalized spacial score (nSPS) is 41.6. The summed E-state index contributed by atoms with van der Waals surface area (Å²) >= 11 is 4.28. The van der Waals surface area contributed by atoms with Gasteiger partial charge in [-0.1, -0.05) is 77.8 Å². The quantitative estimate of drug-likeness (QED) is 0.397. The van der Waals surface area contributed by atoms with Crippen LogP contribution in [0.2, 0.25) is 0 Å². The zero-order valence-electron chi connectivity index (χ0n) is 24.2. The highest BCUT2D eigenvalue weighted by molar-refractivity contribution is 8.17. The van der Waals surface area contributed by atoms with Crippen LogP contribution in [0.3, 0.4) is 0 Å². The summed E-state index contributed by atoms with van der Waals surface area (Å²) in [6, 6.07) is 10.7. The Kier molecular flexibility index (Phi) is 7.77. The number of rotatable bonds is 5. The lowest BCUT2D eigenvalue weighted by molar-refractivity contribution is -0.158. The zero-order chi connectivity index (χ0) is 26.7. The molecular weight excluding hydrogens is 508 g/mol. The van der Waals surface area contributed by atoms with Gasteiger partial charge >= 0.3 is 0 Å². The first-order valence-electron chi connectivity index (χ1n) is 15.4. The molecule has 5 heteroatoms. The SMILES string of the molecule is CCCC[C@@](O)(c1ccccc1)C1S[C@H]2C[C@H]3C[C@@H]([C@@H]2COCOC[C@@H]2[C@H](C[C@H]4C[C@@H]2C4(C)C)S1)C3(C)C. The summed E-state index contributed by atoms with van der Waals surface area (Å²) in [5, 5.41) is 13.9. The van der Waals surface area contributed by atoms with Gasteiger partial charge in [-0.15, -0.1) is 23.5 Å². The highest BCUT2D eigenvalue weighted by atomic mass is 32.2. The van der Waals surface area contributed by atoms with Crippen molar-refractivity contribution in [3.05, 3.63) is 35.9 Å². The van der Waals surface area contributed by atoms with Gasteiger partial charge in [0.15, 0.2) is 0 Å². The van der Waals surface area contributed by atoms with Crippen molar-refractivity contribution in [1.29, 1.82) is 0 Å². The lowest BCUT2D eigenvalue weighted by Gasteiger charge is -2.64. The molecule has 7 fully saturated rings. The zero-order valence-corrected chi connectivity index (χ0v) is 25.9. The van der Waals surface area contributed by atoms with E-state index in [1.807, 2.05) is 0 Å². The Bertz CT molecular complexity index is 918. The van der Waals surface area contributed by atoms with Crippen molar-refractivity contribution < 1.29 is 14.6 Å². The fourth-order valence-corrected chi connectivity index (χ4v) is 13.5. The molecule has 212 valence electrons. The Hall–Kier alpha value is -0.200. The Labute approximate surface area is 240 Å². The molecule has 1 heterocycles. The van der Waals surface area contributed by atoms with Crippen molar-refractivity contribution in [2.45, 2.75) is 100 Å². The highest BCUT2D eigenvalue weighted by Gasteiger charge is 2.61. The average molecular weight is 559 g/mol. The molecule has 4 bridgehead atoms. The summed E-state index contributed by atoms with van der Waals surface area (Å²) in [5.74, 6) is 4.09. The summed E-state index contributed by atoms with van der Waals surface area (Å²) < 4.78 is 12.7. The Morgan fingerprint density at radius 3 is 1.84 bits per heavy atom. The van der Waals surface area contributed by atoms with Gasteiger partial charge in [-0.2, -0.15) is 0 Å². The molecular formula is C33H50O3S2. The maximum Gasteiger partial charge on any atom is 0.146 e. The van der Waals surface area contributed by atoms with E-state index >= 15 is 0 Å². The first-order chi connectivity index (χ1) is 18.2. The Morgan fingerprint density at radius 1 is 0.842 bits per heavy atom. The second-order valence-electron chi connectivity index (χ2n) is 14.5. The van der Waals surface area contributed by atoms with Crippen LogP contribution in [-0.4, -0.2) is 40.2 Å². The fourth-order valence-electron chi connectivity index (χ4n) is 9.13. The summed E-state index contributed by atoms with van der Waals surface area (Å²) in [6.07, 6.45) is 8.19. The minimum absolute atomic E-state index is 0.122. The smallest absolute Gasteiger partial charge is 0.146 e. The number of aliphatic hydroxyl groups is 1. The number of hydrogen-bond acceptors (Lipinski definition) is 5. The maximum absolute atomic E-state index is 12.8. The van der Waals surface area contributed by atoms with Gasteiger partial charge in [0.25, 0.3) is 0 Å². The molecule has 1 aromatic rings. The van der Waals surface area contributed by atoms with E-state index in [0.29, 0.717) is 51.8 Å². The van der Waals surface area contributed by atoms with E-state index in [9.17, 15) is 5.11 Å². The molecule has 9 atom stereocenters. The first kappa shape index (κ1) is 27.9. The van der Waals surface area contributed by atoms with Gasteiger partial charge < -0.3 is 14.6 Å². The van der Waals surface area contributed by atoms with E-state index in [2.05, 4.69) is 88.5 Å². The van der Waals surface area contributed by atoms with Crippen LogP contribution in [0.5, 0.6) is 0 Å². The molecule has 6 aliphatic carbocycles. The van der Waals surface area contributed by atoms with E-state index in [0.717, 1.165) is 49.9 Å². The molecule has 1 N–H and O–H groups in total. The van der Waals surface area contributed by atoms with Gasteiger partial charge in [-0.3, -0.25) is 0 Å². The molecule has 0 spiro atoms. The van der Waals surface area contributed by atoms with E-state index < -0.39 is 5.60 Å². The highest BCUT2D eigenvalue weighted by Crippen LogP contribution is 2.67. The molecule has 0 amide bonds. The third kappa shape index (κ3) is 4.63. The van der Waals surface area contributed by atoms with Gasteiger partial charge in [-0.05, 0) is 84.0 Å². The largest absolute Gasteiger partial charge is 0.383 e. The van der Waals surface area contributed by atoms with Gasteiger partial charge in [0.1, 0.15) is 12.4 Å². The molecule has 1 saturated heterocycles. The second kappa shape index (κ2) is 10.6. The molecule has 8 rings (SSSR count). The van der Waals surface area contributed by atoms with Crippen LogP contribution >= 0.6 is 23.5 Å². The van der Waals surface area contributed by atoms with Crippen molar-refractivity contribution in [2.75, 3.05) is 20.0 Å². The molecule has 7 aliphatic rings. The van der Waals surface area contributed by atoms with Crippen LogP contribution in [0.15, 0.2) is 30.3 Å². The third-order valence-corrected chi connectivity index (χ3v) is 15.8. The van der Waals surface area contributed by atoms with Crippen LogP contribution in [0.25, 0.3) is 0 Å². The van der Waals surface area contributed by atoms with Gasteiger partial charge in [0.2, 0.25) is 0 Å². The lowest BCUT2D eigenvalue weighted by atomic mass is 9.45. The van der Waals surface area contributed by atoms with Gasteiger partial charge in [-0.25, -0.2) is 0 Å².